The van der Waals surface area contributed by atoms with Gasteiger partial charge in [0.1, 0.15) is 0 Å². The molecule has 31 heavy (non-hydrogen) atoms. The van der Waals surface area contributed by atoms with Gasteiger partial charge in [-0.15, -0.1) is 0 Å². The van der Waals surface area contributed by atoms with Gasteiger partial charge in [0.15, 0.2) is 0 Å². The molecular formula is C24H38N4O3. The van der Waals surface area contributed by atoms with Crippen LogP contribution in [-0.2, 0) is 15.9 Å². The van der Waals surface area contributed by atoms with Gasteiger partial charge in [-0.1, -0.05) is 64.2 Å². The van der Waals surface area contributed by atoms with Crippen molar-refractivity contribution in [3.63, 3.8) is 0 Å². The van der Waals surface area contributed by atoms with Crippen molar-refractivity contribution in [3.05, 3.63) is 47.8 Å². The zero-order chi connectivity index (χ0) is 22.3. The Bertz CT molecular complexity index is 683. The van der Waals surface area contributed by atoms with Crippen molar-refractivity contribution in [3.8, 4) is 0 Å². The molecule has 172 valence electrons. The third kappa shape index (κ3) is 9.19. The van der Waals surface area contributed by atoms with Crippen molar-refractivity contribution in [2.45, 2.75) is 77.4 Å². The fourth-order valence-electron chi connectivity index (χ4n) is 4.04. The molecular weight excluding hydrogens is 392 g/mol. The summed E-state index contributed by atoms with van der Waals surface area (Å²) in [7, 11) is 0. The number of carbonyl (C=O) groups is 1. The Kier molecular flexibility index (Phi) is 11.9. The predicted molar refractivity (Wildman–Crippen MR) is 122 cm³/mol. The minimum absolute atomic E-state index is 0.379. The highest BCUT2D eigenvalue weighted by Crippen LogP contribution is 2.26. The Morgan fingerprint density at radius 2 is 1.61 bits per heavy atom. The molecule has 2 unspecified atom stereocenters. The van der Waals surface area contributed by atoms with Gasteiger partial charge in [0.05, 0.1) is 24.1 Å². The normalized spacial score (nSPS) is 22.0. The number of hydrogen-bond acceptors (Lipinski definition) is 5. The molecule has 7 nitrogen and oxygen atoms in total. The van der Waals surface area contributed by atoms with Gasteiger partial charge in [-0.25, -0.2) is 0 Å². The van der Waals surface area contributed by atoms with Crippen LogP contribution in [0.15, 0.2) is 36.5 Å². The quantitative estimate of drug-likeness (QED) is 0.755. The lowest BCUT2D eigenvalue weighted by molar-refractivity contribution is 0.0732. The van der Waals surface area contributed by atoms with E-state index in [9.17, 15) is 4.79 Å². The topological polar surface area (TPSA) is 103 Å². The molecule has 2 saturated heterocycles. The minimum Gasteiger partial charge on any atom is -0.375 e. The van der Waals surface area contributed by atoms with Crippen molar-refractivity contribution in [2.24, 2.45) is 11.7 Å². The van der Waals surface area contributed by atoms with Crippen LogP contribution < -0.4 is 5.73 Å². The van der Waals surface area contributed by atoms with E-state index in [4.69, 9.17) is 15.2 Å². The first kappa shape index (κ1) is 25.0. The molecule has 7 heteroatoms. The smallest absolute Gasteiger partial charge is 0.248 e. The number of fused-ring (bicyclic) bond motifs is 1. The van der Waals surface area contributed by atoms with Crippen LogP contribution in [0.5, 0.6) is 0 Å². The first-order valence-corrected chi connectivity index (χ1v) is 11.6. The van der Waals surface area contributed by atoms with Crippen LogP contribution in [0.4, 0.5) is 0 Å². The number of nitrogens with zero attached hydrogens (tertiary/aromatic N) is 2. The summed E-state index contributed by atoms with van der Waals surface area (Å²) in [6.07, 6.45) is 13.1. The number of aromatic amines is 1. The van der Waals surface area contributed by atoms with Crippen molar-refractivity contribution in [1.29, 1.82) is 0 Å². The Labute approximate surface area is 186 Å². The Morgan fingerprint density at radius 1 is 1.00 bits per heavy atom. The summed E-state index contributed by atoms with van der Waals surface area (Å²) in [6, 6.07) is 8.76. The van der Waals surface area contributed by atoms with Gasteiger partial charge in [-0.05, 0) is 37.3 Å². The second-order valence-electron chi connectivity index (χ2n) is 7.80. The van der Waals surface area contributed by atoms with Crippen molar-refractivity contribution >= 4 is 5.91 Å². The van der Waals surface area contributed by atoms with Crippen molar-refractivity contribution in [1.82, 2.24) is 15.4 Å². The van der Waals surface area contributed by atoms with Gasteiger partial charge < -0.3 is 15.2 Å². The monoisotopic (exact) mass is 430 g/mol. The molecule has 1 aromatic carbocycles. The van der Waals surface area contributed by atoms with E-state index in [-0.39, 0.29) is 5.91 Å². The Hall–Kier alpha value is -2.25. The highest BCUT2D eigenvalue weighted by Gasteiger charge is 2.33. The predicted octanol–water partition coefficient (Wildman–Crippen LogP) is 4.30. The third-order valence-electron chi connectivity index (χ3n) is 5.63. The lowest BCUT2D eigenvalue weighted by atomic mass is 9.86. The Morgan fingerprint density at radius 3 is 2.10 bits per heavy atom. The molecule has 1 saturated carbocycles. The lowest BCUT2D eigenvalue weighted by Crippen LogP contribution is -2.13. The summed E-state index contributed by atoms with van der Waals surface area (Å²) in [6.45, 7) is 5.82. The Balaban J connectivity index is 0.000000162. The van der Waals surface area contributed by atoms with E-state index in [1.807, 2.05) is 26.1 Å². The van der Waals surface area contributed by atoms with Crippen LogP contribution in [0.25, 0.3) is 0 Å². The molecule has 5 rings (SSSR count). The zero-order valence-electron chi connectivity index (χ0n) is 19.0. The van der Waals surface area contributed by atoms with Gasteiger partial charge in [0.2, 0.25) is 5.91 Å². The number of H-pyrrole nitrogens is 1. The highest BCUT2D eigenvalue weighted by molar-refractivity contribution is 5.92. The van der Waals surface area contributed by atoms with Crippen LogP contribution in [-0.4, -0.2) is 46.7 Å². The van der Waals surface area contributed by atoms with Gasteiger partial charge in [0.25, 0.3) is 0 Å². The molecule has 0 radical (unpaired) electrons. The molecule has 3 N–H and O–H groups in total. The number of carbonyl (C=O) groups excluding carboxylic acids is 1. The molecule has 0 bridgehead atoms. The number of nitrogens with one attached hydrogen (secondary N) is 1. The van der Waals surface area contributed by atoms with Crippen LogP contribution >= 0.6 is 0 Å². The van der Waals surface area contributed by atoms with Crippen LogP contribution in [0, 0.1) is 5.92 Å². The number of amides is 1. The first-order chi connectivity index (χ1) is 15.2. The maximum absolute atomic E-state index is 10.4. The first-order valence-electron chi connectivity index (χ1n) is 11.6. The standard InChI is InChI=1S/C9H15N3.C7H7NO.C6H10O2.C2H6/c1-2-4-8(5-3-1)6-9-7-10-12-11-9;8-7(9)6-4-2-1-3-5-6;1-3-7-6-2-4-8-5(1)6;1-2/h7-8H,1-6H2,(H,10,11,12);1-5H,(H2,8,9);5-6H,1-4H2;1-2H3. The van der Waals surface area contributed by atoms with E-state index in [0.29, 0.717) is 17.8 Å². The van der Waals surface area contributed by atoms with Crippen molar-refractivity contribution in [2.75, 3.05) is 13.2 Å². The third-order valence-corrected chi connectivity index (χ3v) is 5.63. The number of primary amides is 1. The summed E-state index contributed by atoms with van der Waals surface area (Å²) in [4.78, 5) is 10.4. The molecule has 0 spiro atoms. The zero-order valence-corrected chi connectivity index (χ0v) is 19.0. The van der Waals surface area contributed by atoms with Gasteiger partial charge >= 0.3 is 0 Å². The molecule has 2 aliphatic heterocycles. The number of rotatable bonds is 3. The average molecular weight is 431 g/mol. The number of benzene rings is 1. The summed E-state index contributed by atoms with van der Waals surface area (Å²) in [5.41, 5.74) is 6.65. The van der Waals surface area contributed by atoms with E-state index in [0.717, 1.165) is 44.1 Å². The van der Waals surface area contributed by atoms with Crippen molar-refractivity contribution < 1.29 is 14.3 Å². The van der Waals surface area contributed by atoms with Crippen LogP contribution in [0.2, 0.25) is 0 Å². The molecule has 1 aromatic heterocycles. The summed E-state index contributed by atoms with van der Waals surface area (Å²) >= 11 is 0. The highest BCUT2D eigenvalue weighted by atomic mass is 16.6. The number of ether oxygens (including phenoxy) is 2. The average Bonchev–Trinajstić information content (AvgIpc) is 3.57. The SMILES string of the molecule is C1CC2OCCC2O1.CC.NC(=O)c1ccccc1.c1n[nH]nc1CC1CCCCC1. The van der Waals surface area contributed by atoms with Gasteiger partial charge in [-0.3, -0.25) is 4.79 Å². The lowest BCUT2D eigenvalue weighted by Gasteiger charge is -2.19. The second-order valence-corrected chi connectivity index (χ2v) is 7.80. The van der Waals surface area contributed by atoms with Crippen LogP contribution in [0.1, 0.15) is 74.8 Å². The minimum atomic E-state index is -0.379. The summed E-state index contributed by atoms with van der Waals surface area (Å²) in [5, 5.41) is 10.5. The number of nitrogens with two attached hydrogens (primary N) is 1. The molecule has 3 aliphatic rings. The van der Waals surface area contributed by atoms with Crippen LogP contribution in [0.3, 0.4) is 0 Å². The van der Waals surface area contributed by atoms with E-state index in [1.54, 1.807) is 24.3 Å². The molecule has 3 heterocycles. The van der Waals surface area contributed by atoms with E-state index < -0.39 is 0 Å². The number of aromatic nitrogens is 3. The molecule has 1 amide bonds. The maximum Gasteiger partial charge on any atom is 0.248 e. The summed E-state index contributed by atoms with van der Waals surface area (Å²) in [5.74, 6) is 0.486. The van der Waals surface area contributed by atoms with E-state index in [2.05, 4.69) is 15.4 Å². The summed E-state index contributed by atoms with van der Waals surface area (Å²) < 4.78 is 10.7. The molecule has 2 aromatic rings. The largest absolute Gasteiger partial charge is 0.375 e. The van der Waals surface area contributed by atoms with Gasteiger partial charge in [-0.2, -0.15) is 15.4 Å². The van der Waals surface area contributed by atoms with E-state index >= 15 is 0 Å². The van der Waals surface area contributed by atoms with Gasteiger partial charge in [0, 0.05) is 18.8 Å². The molecule has 1 aliphatic carbocycles. The maximum atomic E-state index is 10.4. The molecule has 2 atom stereocenters. The molecule has 3 fully saturated rings. The second kappa shape index (κ2) is 14.7. The fraction of sp³-hybridized carbons (Fsp3) is 0.625. The fourth-order valence-corrected chi connectivity index (χ4v) is 4.04. The number of hydrogen-bond donors (Lipinski definition) is 2. The van der Waals surface area contributed by atoms with E-state index in [1.165, 1.54) is 32.1 Å².